The third-order valence-corrected chi connectivity index (χ3v) is 4.26. The van der Waals surface area contributed by atoms with Crippen LogP contribution in [0.2, 0.25) is 0 Å². The van der Waals surface area contributed by atoms with Crippen LogP contribution in [0.4, 0.5) is 0 Å². The van der Waals surface area contributed by atoms with E-state index in [0.29, 0.717) is 6.04 Å². The molecule has 0 spiro atoms. The monoisotopic (exact) mass is 250 g/mol. The van der Waals surface area contributed by atoms with Gasteiger partial charge in [0, 0.05) is 6.04 Å². The number of oxazole rings is 1. The fourth-order valence-electron chi connectivity index (χ4n) is 2.84. The number of aryl methyl sites for hydroxylation is 2. The molecule has 102 valence electrons. The first-order valence-corrected chi connectivity index (χ1v) is 7.33. The lowest BCUT2D eigenvalue weighted by atomic mass is 9.93. The Morgan fingerprint density at radius 1 is 1.22 bits per heavy atom. The van der Waals surface area contributed by atoms with Gasteiger partial charge < -0.3 is 9.73 Å². The van der Waals surface area contributed by atoms with E-state index in [9.17, 15) is 0 Å². The SMILES string of the molecule is Cc1nc(CN[C@H](C)C2CCCCCC2)oc1C. The third-order valence-electron chi connectivity index (χ3n) is 4.26. The Morgan fingerprint density at radius 3 is 2.44 bits per heavy atom. The fourth-order valence-corrected chi connectivity index (χ4v) is 2.84. The maximum atomic E-state index is 5.60. The minimum Gasteiger partial charge on any atom is -0.444 e. The number of hydrogen-bond donors (Lipinski definition) is 1. The lowest BCUT2D eigenvalue weighted by molar-refractivity contribution is 0.322. The molecule has 1 aliphatic carbocycles. The second-order valence-electron chi connectivity index (χ2n) is 5.67. The van der Waals surface area contributed by atoms with Gasteiger partial charge in [-0.2, -0.15) is 0 Å². The van der Waals surface area contributed by atoms with Crippen LogP contribution in [0.15, 0.2) is 4.42 Å². The van der Waals surface area contributed by atoms with E-state index in [0.717, 1.165) is 29.8 Å². The largest absolute Gasteiger partial charge is 0.444 e. The van der Waals surface area contributed by atoms with E-state index in [1.807, 2.05) is 13.8 Å². The number of nitrogens with zero attached hydrogens (tertiary/aromatic N) is 1. The van der Waals surface area contributed by atoms with E-state index >= 15 is 0 Å². The van der Waals surface area contributed by atoms with Crippen LogP contribution in [0.25, 0.3) is 0 Å². The Labute approximate surface area is 110 Å². The average molecular weight is 250 g/mol. The molecule has 1 heterocycles. The van der Waals surface area contributed by atoms with Crippen molar-refractivity contribution in [1.82, 2.24) is 10.3 Å². The number of rotatable bonds is 4. The zero-order valence-corrected chi connectivity index (χ0v) is 12.0. The highest BCUT2D eigenvalue weighted by Crippen LogP contribution is 2.25. The van der Waals surface area contributed by atoms with Crippen molar-refractivity contribution >= 4 is 0 Å². The summed E-state index contributed by atoms with van der Waals surface area (Å²) in [6.45, 7) is 7.03. The summed E-state index contributed by atoms with van der Waals surface area (Å²) in [7, 11) is 0. The van der Waals surface area contributed by atoms with Crippen molar-refractivity contribution in [2.75, 3.05) is 0 Å². The van der Waals surface area contributed by atoms with Crippen LogP contribution in [-0.2, 0) is 6.54 Å². The van der Waals surface area contributed by atoms with Crippen LogP contribution < -0.4 is 5.32 Å². The highest BCUT2D eigenvalue weighted by Gasteiger charge is 2.19. The van der Waals surface area contributed by atoms with Gasteiger partial charge >= 0.3 is 0 Å². The average Bonchev–Trinajstić information content (AvgIpc) is 2.60. The molecule has 0 amide bonds. The van der Waals surface area contributed by atoms with Gasteiger partial charge in [0.2, 0.25) is 5.89 Å². The first kappa shape index (κ1) is 13.6. The first-order chi connectivity index (χ1) is 8.66. The van der Waals surface area contributed by atoms with Gasteiger partial charge in [0.05, 0.1) is 12.2 Å². The molecule has 0 unspecified atom stereocenters. The predicted octanol–water partition coefficient (Wildman–Crippen LogP) is 3.74. The zero-order chi connectivity index (χ0) is 13.0. The molecule has 0 bridgehead atoms. The van der Waals surface area contributed by atoms with Crippen molar-refractivity contribution in [2.45, 2.75) is 71.9 Å². The van der Waals surface area contributed by atoms with E-state index in [2.05, 4.69) is 17.2 Å². The Balaban J connectivity index is 1.81. The molecule has 0 aromatic carbocycles. The molecule has 3 heteroatoms. The van der Waals surface area contributed by atoms with E-state index in [-0.39, 0.29) is 0 Å². The van der Waals surface area contributed by atoms with Crippen molar-refractivity contribution < 1.29 is 4.42 Å². The van der Waals surface area contributed by atoms with Gasteiger partial charge in [-0.05, 0) is 39.5 Å². The maximum absolute atomic E-state index is 5.60. The standard InChI is InChI=1S/C15H26N2O/c1-11-13(3)18-15(17-11)10-16-12(2)14-8-6-4-5-7-9-14/h12,14,16H,4-10H2,1-3H3/t12-/m1/s1. The smallest absolute Gasteiger partial charge is 0.208 e. The van der Waals surface area contributed by atoms with Crippen molar-refractivity contribution in [1.29, 1.82) is 0 Å². The summed E-state index contributed by atoms with van der Waals surface area (Å²) in [6, 6.07) is 0.565. The minimum atomic E-state index is 0.565. The Morgan fingerprint density at radius 2 is 1.89 bits per heavy atom. The second-order valence-corrected chi connectivity index (χ2v) is 5.67. The molecule has 1 aliphatic rings. The Hall–Kier alpha value is -0.830. The molecular weight excluding hydrogens is 224 g/mol. The molecule has 1 atom stereocenters. The lowest BCUT2D eigenvalue weighted by Gasteiger charge is -2.23. The van der Waals surface area contributed by atoms with Gasteiger partial charge in [0.1, 0.15) is 5.76 Å². The van der Waals surface area contributed by atoms with Crippen LogP contribution in [0, 0.1) is 19.8 Å². The highest BCUT2D eigenvalue weighted by atomic mass is 16.4. The minimum absolute atomic E-state index is 0.565. The van der Waals surface area contributed by atoms with E-state index in [4.69, 9.17) is 4.42 Å². The van der Waals surface area contributed by atoms with Crippen LogP contribution in [0.5, 0.6) is 0 Å². The molecule has 0 saturated heterocycles. The molecule has 2 rings (SSSR count). The Kier molecular flexibility index (Phi) is 4.81. The van der Waals surface area contributed by atoms with Crippen LogP contribution in [0.1, 0.15) is 62.8 Å². The molecule has 1 aromatic heterocycles. The number of nitrogens with one attached hydrogen (secondary N) is 1. The topological polar surface area (TPSA) is 38.1 Å². The molecule has 1 N–H and O–H groups in total. The summed E-state index contributed by atoms with van der Waals surface area (Å²) >= 11 is 0. The van der Waals surface area contributed by atoms with Crippen molar-refractivity contribution in [3.8, 4) is 0 Å². The number of aromatic nitrogens is 1. The first-order valence-electron chi connectivity index (χ1n) is 7.33. The normalized spacial score (nSPS) is 19.7. The molecule has 1 fully saturated rings. The second kappa shape index (κ2) is 6.37. The summed E-state index contributed by atoms with van der Waals surface area (Å²) in [5, 5.41) is 3.58. The van der Waals surface area contributed by atoms with Gasteiger partial charge in [-0.15, -0.1) is 0 Å². The van der Waals surface area contributed by atoms with Crippen LogP contribution >= 0.6 is 0 Å². The van der Waals surface area contributed by atoms with E-state index in [1.165, 1.54) is 38.5 Å². The molecule has 0 aliphatic heterocycles. The highest BCUT2D eigenvalue weighted by molar-refractivity contribution is 5.05. The maximum Gasteiger partial charge on any atom is 0.208 e. The van der Waals surface area contributed by atoms with Gasteiger partial charge in [0.15, 0.2) is 0 Å². The third kappa shape index (κ3) is 3.58. The number of hydrogen-bond acceptors (Lipinski definition) is 3. The van der Waals surface area contributed by atoms with Crippen LogP contribution in [0.3, 0.4) is 0 Å². The fraction of sp³-hybridized carbons (Fsp3) is 0.800. The molecular formula is C15H26N2O. The van der Waals surface area contributed by atoms with E-state index < -0.39 is 0 Å². The summed E-state index contributed by atoms with van der Waals surface area (Å²) < 4.78 is 5.60. The molecule has 18 heavy (non-hydrogen) atoms. The summed E-state index contributed by atoms with van der Waals surface area (Å²) in [4.78, 5) is 4.42. The lowest BCUT2D eigenvalue weighted by Crippen LogP contribution is -2.33. The van der Waals surface area contributed by atoms with E-state index in [1.54, 1.807) is 0 Å². The molecule has 0 radical (unpaired) electrons. The van der Waals surface area contributed by atoms with Gasteiger partial charge in [0.25, 0.3) is 0 Å². The van der Waals surface area contributed by atoms with Gasteiger partial charge in [-0.25, -0.2) is 4.98 Å². The van der Waals surface area contributed by atoms with Crippen molar-refractivity contribution in [2.24, 2.45) is 5.92 Å². The Bertz CT molecular complexity index is 345. The molecule has 3 nitrogen and oxygen atoms in total. The summed E-state index contributed by atoms with van der Waals surface area (Å²) in [5.41, 5.74) is 1.01. The van der Waals surface area contributed by atoms with Crippen LogP contribution in [-0.4, -0.2) is 11.0 Å². The zero-order valence-electron chi connectivity index (χ0n) is 12.0. The van der Waals surface area contributed by atoms with Crippen molar-refractivity contribution in [3.05, 3.63) is 17.3 Å². The van der Waals surface area contributed by atoms with Crippen molar-refractivity contribution in [3.63, 3.8) is 0 Å². The quantitative estimate of drug-likeness (QED) is 0.827. The molecule has 1 aromatic rings. The predicted molar refractivity (Wildman–Crippen MR) is 73.5 cm³/mol. The summed E-state index contributed by atoms with van der Waals surface area (Å²) in [6.07, 6.45) is 8.38. The summed E-state index contributed by atoms with van der Waals surface area (Å²) in [5.74, 6) is 2.59. The van der Waals surface area contributed by atoms with Gasteiger partial charge in [-0.3, -0.25) is 0 Å². The van der Waals surface area contributed by atoms with Gasteiger partial charge in [-0.1, -0.05) is 25.7 Å². The molecule has 1 saturated carbocycles.